The molecule has 0 saturated heterocycles. The molecule has 0 fully saturated rings. The van der Waals surface area contributed by atoms with E-state index in [4.69, 9.17) is 27.9 Å². The van der Waals surface area contributed by atoms with Crippen molar-refractivity contribution in [1.82, 2.24) is 5.43 Å². The lowest BCUT2D eigenvalue weighted by atomic mass is 10.2. The molecule has 0 aromatic heterocycles. The van der Waals surface area contributed by atoms with E-state index in [1.54, 1.807) is 24.4 Å². The van der Waals surface area contributed by atoms with Gasteiger partial charge in [-0.3, -0.25) is 4.79 Å². The molecule has 0 aliphatic heterocycles. The van der Waals surface area contributed by atoms with Crippen molar-refractivity contribution < 1.29 is 9.53 Å². The van der Waals surface area contributed by atoms with Gasteiger partial charge in [-0.25, -0.2) is 5.43 Å². The fourth-order valence-corrected chi connectivity index (χ4v) is 2.81. The third-order valence-electron chi connectivity index (χ3n) is 3.00. The normalized spacial score (nSPS) is 10.8. The quantitative estimate of drug-likeness (QED) is 0.267. The molecule has 0 heterocycles. The number of hydrogen-bond donors (Lipinski definition) is 1. The monoisotopic (exact) mass is 476 g/mol. The Morgan fingerprint density at radius 3 is 2.79 bits per heavy atom. The predicted molar refractivity (Wildman–Crippen MR) is 106 cm³/mol. The zero-order valence-corrected chi connectivity index (χ0v) is 16.3. The van der Waals surface area contributed by atoms with Gasteiger partial charge in [0, 0.05) is 20.6 Å². The van der Waals surface area contributed by atoms with Crippen molar-refractivity contribution in [3.63, 3.8) is 0 Å². The van der Waals surface area contributed by atoms with E-state index in [0.29, 0.717) is 35.2 Å². The van der Waals surface area contributed by atoms with Gasteiger partial charge < -0.3 is 4.74 Å². The first-order valence-electron chi connectivity index (χ1n) is 7.20. The number of ether oxygens (including phenoxy) is 1. The average molecular weight is 477 g/mol. The van der Waals surface area contributed by atoms with Crippen molar-refractivity contribution in [2.75, 3.05) is 6.61 Å². The summed E-state index contributed by atoms with van der Waals surface area (Å²) in [6.07, 6.45) is 2.50. The van der Waals surface area contributed by atoms with Crippen LogP contribution < -0.4 is 10.2 Å². The largest absolute Gasteiger partial charge is 0.492 e. The molecule has 0 unspecified atom stereocenters. The Bertz CT molecular complexity index is 738. The van der Waals surface area contributed by atoms with Gasteiger partial charge >= 0.3 is 0 Å². The Hall–Kier alpha value is -1.31. The van der Waals surface area contributed by atoms with E-state index in [-0.39, 0.29) is 5.91 Å². The molecule has 1 N–H and O–H groups in total. The Morgan fingerprint density at radius 2 is 2.04 bits per heavy atom. The number of amides is 1. The summed E-state index contributed by atoms with van der Waals surface area (Å²) in [4.78, 5) is 11.7. The molecule has 0 spiro atoms. The summed E-state index contributed by atoms with van der Waals surface area (Å²) in [5.41, 5.74) is 3.46. The number of hydrogen-bond acceptors (Lipinski definition) is 3. The maximum Gasteiger partial charge on any atom is 0.240 e. The van der Waals surface area contributed by atoms with Gasteiger partial charge in [0.25, 0.3) is 0 Å². The summed E-state index contributed by atoms with van der Waals surface area (Å²) >= 11 is 14.0. The molecule has 0 aliphatic rings. The molecule has 4 nitrogen and oxygen atoms in total. The number of nitrogens with zero attached hydrogens (tertiary/aromatic N) is 1. The van der Waals surface area contributed by atoms with Crippen LogP contribution in [0, 0.1) is 3.57 Å². The zero-order valence-electron chi connectivity index (χ0n) is 12.6. The first-order valence-corrected chi connectivity index (χ1v) is 9.04. The van der Waals surface area contributed by atoms with Gasteiger partial charge in [0.05, 0.1) is 17.8 Å². The summed E-state index contributed by atoms with van der Waals surface area (Å²) in [5.74, 6) is 0.390. The molecule has 0 radical (unpaired) electrons. The second-order valence-corrected chi connectivity index (χ2v) is 6.85. The van der Waals surface area contributed by atoms with E-state index >= 15 is 0 Å². The molecule has 0 saturated carbocycles. The molecule has 1 amide bonds. The molecule has 2 rings (SSSR count). The van der Waals surface area contributed by atoms with Crippen molar-refractivity contribution in [2.24, 2.45) is 5.10 Å². The predicted octanol–water partition coefficient (Wildman–Crippen LogP) is 4.91. The van der Waals surface area contributed by atoms with Crippen molar-refractivity contribution >= 4 is 57.9 Å². The number of halogens is 3. The fourth-order valence-electron chi connectivity index (χ4n) is 1.82. The van der Waals surface area contributed by atoms with E-state index < -0.39 is 0 Å². The van der Waals surface area contributed by atoms with E-state index in [9.17, 15) is 4.79 Å². The molecule has 7 heteroatoms. The van der Waals surface area contributed by atoms with Crippen LogP contribution in [-0.4, -0.2) is 18.7 Å². The Balaban J connectivity index is 1.69. The van der Waals surface area contributed by atoms with Gasteiger partial charge in [-0.2, -0.15) is 5.10 Å². The second-order valence-electron chi connectivity index (χ2n) is 4.84. The van der Waals surface area contributed by atoms with Crippen LogP contribution in [0.4, 0.5) is 0 Å². The number of benzene rings is 2. The number of carbonyl (C=O) groups is 1. The first kappa shape index (κ1) is 19.0. The van der Waals surface area contributed by atoms with Gasteiger partial charge in [0.1, 0.15) is 5.75 Å². The molecule has 0 aliphatic carbocycles. The van der Waals surface area contributed by atoms with Crippen LogP contribution in [0.2, 0.25) is 10.0 Å². The topological polar surface area (TPSA) is 50.7 Å². The maximum absolute atomic E-state index is 11.7. The minimum atomic E-state index is -0.164. The van der Waals surface area contributed by atoms with Crippen LogP contribution in [0.3, 0.4) is 0 Å². The van der Waals surface area contributed by atoms with Crippen LogP contribution in [0.25, 0.3) is 0 Å². The second kappa shape index (κ2) is 9.86. The van der Waals surface area contributed by atoms with Crippen LogP contribution in [0.1, 0.15) is 18.4 Å². The summed E-state index contributed by atoms with van der Waals surface area (Å²) in [5, 5.41) is 4.96. The van der Waals surface area contributed by atoms with Crippen molar-refractivity contribution in [1.29, 1.82) is 0 Å². The van der Waals surface area contributed by atoms with E-state index in [1.807, 2.05) is 24.3 Å². The zero-order chi connectivity index (χ0) is 17.4. The molecule has 24 heavy (non-hydrogen) atoms. The number of carbonyl (C=O) groups excluding carboxylic acids is 1. The first-order chi connectivity index (χ1) is 11.6. The van der Waals surface area contributed by atoms with Gasteiger partial charge in [0.15, 0.2) is 0 Å². The highest BCUT2D eigenvalue weighted by Crippen LogP contribution is 2.27. The Morgan fingerprint density at radius 1 is 1.25 bits per heavy atom. The molecule has 2 aromatic carbocycles. The lowest BCUT2D eigenvalue weighted by Gasteiger charge is -2.07. The third-order valence-corrected chi connectivity index (χ3v) is 4.51. The van der Waals surface area contributed by atoms with Crippen LogP contribution >= 0.6 is 45.8 Å². The van der Waals surface area contributed by atoms with Crippen LogP contribution in [-0.2, 0) is 4.79 Å². The molecule has 2 aromatic rings. The summed E-state index contributed by atoms with van der Waals surface area (Å²) in [6, 6.07) is 12.8. The molecular weight excluding hydrogens is 462 g/mol. The highest BCUT2D eigenvalue weighted by Gasteiger charge is 2.04. The standard InChI is InChI=1S/C17H15Cl2IN2O2/c18-13-7-8-16(14(19)10-13)24-9-3-6-17(23)22-21-11-12-4-1-2-5-15(12)20/h1-2,4-5,7-8,10-11H,3,6,9H2,(H,22,23)/b21-11+. The smallest absolute Gasteiger partial charge is 0.240 e. The van der Waals surface area contributed by atoms with Gasteiger partial charge in [0.2, 0.25) is 5.91 Å². The highest BCUT2D eigenvalue weighted by atomic mass is 127. The molecular formula is C17H15Cl2IN2O2. The fraction of sp³-hybridized carbons (Fsp3) is 0.176. The minimum Gasteiger partial charge on any atom is -0.492 e. The molecule has 126 valence electrons. The Labute approximate surface area is 164 Å². The van der Waals surface area contributed by atoms with Crippen molar-refractivity contribution in [3.05, 3.63) is 61.6 Å². The maximum atomic E-state index is 11.7. The average Bonchev–Trinajstić information content (AvgIpc) is 2.55. The summed E-state index contributed by atoms with van der Waals surface area (Å²) < 4.78 is 6.59. The Kier molecular flexibility index (Phi) is 7.81. The lowest BCUT2D eigenvalue weighted by molar-refractivity contribution is -0.121. The minimum absolute atomic E-state index is 0.164. The summed E-state index contributed by atoms with van der Waals surface area (Å²) in [6.45, 7) is 0.384. The van der Waals surface area contributed by atoms with Gasteiger partial charge in [-0.15, -0.1) is 0 Å². The highest BCUT2D eigenvalue weighted by molar-refractivity contribution is 14.1. The SMILES string of the molecule is O=C(CCCOc1ccc(Cl)cc1Cl)N/N=C/c1ccccc1I. The van der Waals surface area contributed by atoms with Crippen molar-refractivity contribution in [3.8, 4) is 5.75 Å². The van der Waals surface area contributed by atoms with E-state index in [1.165, 1.54) is 0 Å². The van der Waals surface area contributed by atoms with Crippen LogP contribution in [0.5, 0.6) is 5.75 Å². The van der Waals surface area contributed by atoms with Gasteiger partial charge in [-0.05, 0) is 53.3 Å². The third kappa shape index (κ3) is 6.30. The number of hydrazone groups is 1. The number of nitrogens with one attached hydrogen (secondary N) is 1. The van der Waals surface area contributed by atoms with E-state index in [2.05, 4.69) is 33.1 Å². The van der Waals surface area contributed by atoms with Crippen molar-refractivity contribution in [2.45, 2.75) is 12.8 Å². The molecule has 0 bridgehead atoms. The van der Waals surface area contributed by atoms with Gasteiger partial charge in [-0.1, -0.05) is 41.4 Å². The van der Waals surface area contributed by atoms with E-state index in [0.717, 1.165) is 9.13 Å². The number of rotatable bonds is 7. The summed E-state index contributed by atoms with van der Waals surface area (Å²) in [7, 11) is 0. The van der Waals surface area contributed by atoms with Crippen LogP contribution in [0.15, 0.2) is 47.6 Å². The molecule has 0 atom stereocenters. The lowest BCUT2D eigenvalue weighted by Crippen LogP contribution is -2.18.